The van der Waals surface area contributed by atoms with E-state index in [4.69, 9.17) is 14.3 Å². The van der Waals surface area contributed by atoms with Gasteiger partial charge >= 0.3 is 0 Å². The zero-order valence-corrected chi connectivity index (χ0v) is 17.9. The third-order valence-corrected chi connectivity index (χ3v) is 6.90. The van der Waals surface area contributed by atoms with Crippen LogP contribution in [-0.4, -0.2) is 39.9 Å². The van der Waals surface area contributed by atoms with Crippen LogP contribution in [0.3, 0.4) is 0 Å². The van der Waals surface area contributed by atoms with E-state index in [1.807, 2.05) is 0 Å². The van der Waals surface area contributed by atoms with Crippen molar-refractivity contribution in [3.05, 3.63) is 35.9 Å². The maximum atomic E-state index is 6.86. The van der Waals surface area contributed by atoms with Crippen LogP contribution in [0.4, 0.5) is 0 Å². The van der Waals surface area contributed by atoms with Crippen LogP contribution in [0.5, 0.6) is 0 Å². The summed E-state index contributed by atoms with van der Waals surface area (Å²) in [5.41, 5.74) is 0.148. The summed E-state index contributed by atoms with van der Waals surface area (Å²) in [6.07, 6.45) is 5.85. The fraction of sp³-hybridized carbons (Fsp3) is 0.739. The first-order valence-corrected chi connectivity index (χ1v) is 10.8. The smallest absolute Gasteiger partial charge is 0.280 e. The molecule has 4 fully saturated rings. The Morgan fingerprint density at radius 3 is 2.29 bits per heavy atom. The van der Waals surface area contributed by atoms with Crippen LogP contribution in [0.25, 0.3) is 0 Å². The highest BCUT2D eigenvalue weighted by atomic mass is 16.9. The second-order valence-electron chi connectivity index (χ2n) is 10.7. The van der Waals surface area contributed by atoms with Gasteiger partial charge in [0.2, 0.25) is 0 Å². The second-order valence-corrected chi connectivity index (χ2v) is 10.7. The lowest BCUT2D eigenvalue weighted by Crippen LogP contribution is -2.60. The van der Waals surface area contributed by atoms with Gasteiger partial charge in [0.15, 0.2) is 5.60 Å². The number of nitrogens with one attached hydrogen (secondary N) is 1. The topological polar surface area (TPSA) is 46.3 Å². The Morgan fingerprint density at radius 1 is 1.04 bits per heavy atom. The molecule has 0 unspecified atom stereocenters. The Kier molecular flexibility index (Phi) is 3.93. The van der Waals surface area contributed by atoms with Gasteiger partial charge in [0.05, 0.1) is 12.6 Å². The number of hydroxylamine groups is 2. The minimum atomic E-state index is -0.943. The second kappa shape index (κ2) is 5.79. The maximum absolute atomic E-state index is 6.86. The van der Waals surface area contributed by atoms with E-state index in [2.05, 4.69) is 75.3 Å². The standard InChI is InChI=1S/C23H34N2O3/c1-19(2,3)25-18(17-12-8-6-9-13-17)22(21(27-22)14-10-7-11-15-21)23(28-25)24-20(4,5)16-26-23/h6,8-9,12-13,18,24H,7,10-11,14-16H2,1-5H3/t18-,22+,23+/m1/s1. The Balaban J connectivity index is 1.68. The molecule has 3 aliphatic heterocycles. The minimum Gasteiger partial charge on any atom is -0.353 e. The molecule has 5 nitrogen and oxygen atoms in total. The Hall–Kier alpha value is -0.980. The van der Waals surface area contributed by atoms with Gasteiger partial charge in [-0.2, -0.15) is 5.06 Å². The summed E-state index contributed by atoms with van der Waals surface area (Å²) in [5.74, 6) is -0.943. The molecule has 1 saturated carbocycles. The fourth-order valence-electron chi connectivity index (χ4n) is 5.73. The lowest BCUT2D eigenvalue weighted by molar-refractivity contribution is -0.329. The molecule has 1 N–H and O–H groups in total. The van der Waals surface area contributed by atoms with Crippen LogP contribution in [-0.2, 0) is 14.3 Å². The van der Waals surface area contributed by atoms with Crippen LogP contribution in [0.1, 0.15) is 78.3 Å². The van der Waals surface area contributed by atoms with Crippen LogP contribution in [0.2, 0.25) is 0 Å². The average molecular weight is 387 g/mol. The monoisotopic (exact) mass is 386 g/mol. The molecule has 1 aromatic rings. The molecule has 5 heteroatoms. The number of hydrogen-bond donors (Lipinski definition) is 1. The van der Waals surface area contributed by atoms with Crippen molar-refractivity contribution >= 4 is 0 Å². The normalized spacial score (nSPS) is 39.2. The first-order chi connectivity index (χ1) is 13.2. The summed E-state index contributed by atoms with van der Waals surface area (Å²) in [5, 5.41) is 5.86. The molecule has 3 atom stereocenters. The van der Waals surface area contributed by atoms with Gasteiger partial charge < -0.3 is 9.47 Å². The minimum absolute atomic E-state index is 0.0202. The van der Waals surface area contributed by atoms with Crippen molar-refractivity contribution in [1.82, 2.24) is 10.4 Å². The van der Waals surface area contributed by atoms with E-state index >= 15 is 0 Å². The van der Waals surface area contributed by atoms with E-state index in [1.165, 1.54) is 24.8 Å². The SMILES string of the molecule is CC1(C)CO[C@]2(N1)ON(C(C)(C)C)[C@H](c1ccccc1)[C@@]21OC12CCCCC2. The van der Waals surface area contributed by atoms with Crippen molar-refractivity contribution in [2.24, 2.45) is 0 Å². The van der Waals surface area contributed by atoms with E-state index in [9.17, 15) is 0 Å². The number of nitrogens with zero attached hydrogens (tertiary/aromatic N) is 1. The zero-order chi connectivity index (χ0) is 19.8. The van der Waals surface area contributed by atoms with Gasteiger partial charge in [-0.25, -0.2) is 4.84 Å². The van der Waals surface area contributed by atoms with Crippen molar-refractivity contribution < 1.29 is 14.3 Å². The Labute approximate surface area is 168 Å². The molecular formula is C23H34N2O3. The molecule has 0 amide bonds. The molecule has 5 rings (SSSR count). The van der Waals surface area contributed by atoms with Crippen LogP contribution in [0.15, 0.2) is 30.3 Å². The predicted octanol–water partition coefficient (Wildman–Crippen LogP) is 4.30. The molecule has 0 aromatic heterocycles. The van der Waals surface area contributed by atoms with Gasteiger partial charge in [-0.15, -0.1) is 0 Å². The van der Waals surface area contributed by atoms with E-state index in [1.54, 1.807) is 0 Å². The Bertz CT molecular complexity index is 753. The van der Waals surface area contributed by atoms with Crippen LogP contribution >= 0.6 is 0 Å². The van der Waals surface area contributed by atoms with E-state index in [0.717, 1.165) is 12.8 Å². The van der Waals surface area contributed by atoms with Gasteiger partial charge in [-0.1, -0.05) is 49.6 Å². The molecule has 154 valence electrons. The molecule has 0 bridgehead atoms. The summed E-state index contributed by atoms with van der Waals surface area (Å²) in [4.78, 5) is 6.76. The largest absolute Gasteiger partial charge is 0.353 e. The van der Waals surface area contributed by atoms with Gasteiger partial charge in [0, 0.05) is 11.1 Å². The molecule has 1 aromatic carbocycles. The van der Waals surface area contributed by atoms with Crippen molar-refractivity contribution in [2.75, 3.05) is 6.61 Å². The van der Waals surface area contributed by atoms with Crippen molar-refractivity contribution in [3.63, 3.8) is 0 Å². The first kappa shape index (κ1) is 19.0. The average Bonchev–Trinajstić information content (AvgIpc) is 3.00. The predicted molar refractivity (Wildman–Crippen MR) is 107 cm³/mol. The molecule has 3 spiro atoms. The number of benzene rings is 1. The number of epoxide rings is 1. The highest BCUT2D eigenvalue weighted by molar-refractivity contribution is 5.37. The zero-order valence-electron chi connectivity index (χ0n) is 17.9. The van der Waals surface area contributed by atoms with E-state index < -0.39 is 11.5 Å². The van der Waals surface area contributed by atoms with Gasteiger partial charge in [-0.05, 0) is 53.0 Å². The number of hydrogen-bond acceptors (Lipinski definition) is 5. The summed E-state index contributed by atoms with van der Waals surface area (Å²) >= 11 is 0. The molecule has 4 aliphatic rings. The van der Waals surface area contributed by atoms with E-state index in [-0.39, 0.29) is 22.7 Å². The third-order valence-electron chi connectivity index (χ3n) is 6.90. The quantitative estimate of drug-likeness (QED) is 0.729. The Morgan fingerprint density at radius 2 is 1.71 bits per heavy atom. The summed E-state index contributed by atoms with van der Waals surface area (Å²) in [6, 6.07) is 10.7. The number of rotatable bonds is 1. The summed E-state index contributed by atoms with van der Waals surface area (Å²) in [6.45, 7) is 11.6. The number of fused-ring (bicyclic) bond motifs is 2. The van der Waals surface area contributed by atoms with Gasteiger partial charge in [0.1, 0.15) is 5.60 Å². The molecule has 3 heterocycles. The lowest BCUT2D eigenvalue weighted by Gasteiger charge is -2.35. The molecule has 0 radical (unpaired) electrons. The molecule has 28 heavy (non-hydrogen) atoms. The lowest BCUT2D eigenvalue weighted by atomic mass is 9.73. The third kappa shape index (κ3) is 2.43. The van der Waals surface area contributed by atoms with E-state index in [0.29, 0.717) is 6.61 Å². The van der Waals surface area contributed by atoms with Crippen molar-refractivity contribution in [3.8, 4) is 0 Å². The highest BCUT2D eigenvalue weighted by Gasteiger charge is 2.89. The van der Waals surface area contributed by atoms with Crippen molar-refractivity contribution in [2.45, 2.75) is 101 Å². The van der Waals surface area contributed by atoms with Crippen LogP contribution < -0.4 is 5.32 Å². The van der Waals surface area contributed by atoms with Gasteiger partial charge in [0.25, 0.3) is 5.91 Å². The maximum Gasteiger partial charge on any atom is 0.280 e. The number of ether oxygens (including phenoxy) is 2. The van der Waals surface area contributed by atoms with Crippen LogP contribution in [0, 0.1) is 0 Å². The van der Waals surface area contributed by atoms with Crippen molar-refractivity contribution in [1.29, 1.82) is 0 Å². The van der Waals surface area contributed by atoms with Gasteiger partial charge in [-0.3, -0.25) is 5.32 Å². The first-order valence-electron chi connectivity index (χ1n) is 10.8. The fourth-order valence-corrected chi connectivity index (χ4v) is 5.73. The molecule has 1 aliphatic carbocycles. The summed E-state index contributed by atoms with van der Waals surface area (Å²) < 4.78 is 13.4. The molecule has 3 saturated heterocycles. The highest BCUT2D eigenvalue weighted by Crippen LogP contribution is 2.72. The molecular weight excluding hydrogens is 352 g/mol. The summed E-state index contributed by atoms with van der Waals surface area (Å²) in [7, 11) is 0.